The minimum Gasteiger partial charge on any atom is -0.493 e. The molecule has 0 aliphatic rings. The smallest absolute Gasteiger partial charge is 0.338 e. The highest BCUT2D eigenvalue weighted by atomic mass is 127. The minimum atomic E-state index is -0.577. The van der Waals surface area contributed by atoms with Crippen molar-refractivity contribution in [2.45, 2.75) is 13.5 Å². The van der Waals surface area contributed by atoms with E-state index in [9.17, 15) is 14.9 Å². The molecule has 4 aromatic rings. The molecule has 8 heteroatoms. The zero-order valence-electron chi connectivity index (χ0n) is 21.4. The van der Waals surface area contributed by atoms with Crippen LogP contribution in [0.5, 0.6) is 11.5 Å². The molecule has 1 N–H and O–H groups in total. The van der Waals surface area contributed by atoms with Crippen molar-refractivity contribution in [2.75, 3.05) is 19.0 Å². The van der Waals surface area contributed by atoms with Gasteiger partial charge in [-0.1, -0.05) is 36.4 Å². The Morgan fingerprint density at radius 1 is 1.00 bits per heavy atom. The number of nitriles is 1. The van der Waals surface area contributed by atoms with Crippen LogP contribution in [0.15, 0.2) is 84.4 Å². The Hall–Kier alpha value is -4.36. The molecule has 0 aromatic heterocycles. The van der Waals surface area contributed by atoms with Gasteiger partial charge in [-0.25, -0.2) is 4.79 Å². The van der Waals surface area contributed by atoms with Crippen LogP contribution in [0.25, 0.3) is 16.8 Å². The quantitative estimate of drug-likeness (QED) is 0.0949. The Balaban J connectivity index is 1.49. The van der Waals surface area contributed by atoms with Crippen LogP contribution < -0.4 is 14.8 Å². The number of hydrogen-bond donors (Lipinski definition) is 1. The predicted octanol–water partition coefficient (Wildman–Crippen LogP) is 6.75. The standard InChI is InChI=1S/C31H25IN2O5/c1-3-38-31(36)23-10-12-26(13-11-23)34-30(35)25(18-33)15-21-16-27(32)29(28(17-21)37-2)39-19-20-8-9-22-6-4-5-7-24(22)14-20/h4-17H,3,19H2,1-2H3,(H,34,35)/b25-15+. The van der Waals surface area contributed by atoms with Crippen LogP contribution in [0.4, 0.5) is 5.69 Å². The summed E-state index contributed by atoms with van der Waals surface area (Å²) in [6, 6.07) is 26.1. The van der Waals surface area contributed by atoms with E-state index in [1.54, 1.807) is 44.4 Å². The number of amides is 1. The summed E-state index contributed by atoms with van der Waals surface area (Å²) >= 11 is 2.15. The lowest BCUT2D eigenvalue weighted by Gasteiger charge is -2.14. The Kier molecular flexibility index (Phi) is 9.18. The van der Waals surface area contributed by atoms with E-state index in [1.165, 1.54) is 6.08 Å². The molecule has 0 heterocycles. The number of methoxy groups -OCH3 is 1. The first kappa shape index (κ1) is 27.7. The van der Waals surface area contributed by atoms with E-state index in [4.69, 9.17) is 14.2 Å². The molecule has 7 nitrogen and oxygen atoms in total. The first-order chi connectivity index (χ1) is 18.9. The SMILES string of the molecule is CCOC(=O)c1ccc(NC(=O)/C(C#N)=C/c2cc(I)c(OCc3ccc4ccccc4c3)c(OC)c2)cc1. The number of ether oxygens (including phenoxy) is 3. The van der Waals surface area contributed by atoms with Crippen LogP contribution in [0, 0.1) is 14.9 Å². The van der Waals surface area contributed by atoms with Gasteiger partial charge >= 0.3 is 5.97 Å². The number of carbonyl (C=O) groups is 2. The van der Waals surface area contributed by atoms with Gasteiger partial charge in [0.25, 0.3) is 5.91 Å². The minimum absolute atomic E-state index is 0.0906. The third-order valence-electron chi connectivity index (χ3n) is 5.78. The molecule has 0 aliphatic heterocycles. The maximum Gasteiger partial charge on any atom is 0.338 e. The maximum absolute atomic E-state index is 12.8. The number of nitrogens with zero attached hydrogens (tertiary/aromatic N) is 1. The first-order valence-electron chi connectivity index (χ1n) is 12.1. The maximum atomic E-state index is 12.8. The highest BCUT2D eigenvalue weighted by Crippen LogP contribution is 2.35. The summed E-state index contributed by atoms with van der Waals surface area (Å²) in [5, 5.41) is 14.6. The lowest BCUT2D eigenvalue weighted by Crippen LogP contribution is -2.13. The summed E-state index contributed by atoms with van der Waals surface area (Å²) in [6.45, 7) is 2.35. The third-order valence-corrected chi connectivity index (χ3v) is 6.58. The Morgan fingerprint density at radius 2 is 1.74 bits per heavy atom. The second-order valence-electron chi connectivity index (χ2n) is 8.43. The summed E-state index contributed by atoms with van der Waals surface area (Å²) in [6.07, 6.45) is 1.49. The number of halogens is 1. The van der Waals surface area contributed by atoms with Crippen molar-refractivity contribution in [2.24, 2.45) is 0 Å². The van der Waals surface area contributed by atoms with Crippen LogP contribution in [0.3, 0.4) is 0 Å². The zero-order valence-corrected chi connectivity index (χ0v) is 23.5. The third kappa shape index (κ3) is 6.94. The van der Waals surface area contributed by atoms with Crippen molar-refractivity contribution < 1.29 is 23.8 Å². The van der Waals surface area contributed by atoms with Gasteiger partial charge in [0.1, 0.15) is 18.2 Å². The van der Waals surface area contributed by atoms with Gasteiger partial charge in [-0.2, -0.15) is 5.26 Å². The summed E-state index contributed by atoms with van der Waals surface area (Å²) in [5.74, 6) is 0.0439. The molecule has 0 saturated heterocycles. The molecule has 4 aromatic carbocycles. The van der Waals surface area contributed by atoms with E-state index in [0.29, 0.717) is 34.9 Å². The van der Waals surface area contributed by atoms with Crippen LogP contribution in [-0.2, 0) is 16.1 Å². The van der Waals surface area contributed by atoms with Gasteiger partial charge in [0, 0.05) is 5.69 Å². The molecule has 0 unspecified atom stereocenters. The largest absolute Gasteiger partial charge is 0.493 e. The summed E-state index contributed by atoms with van der Waals surface area (Å²) in [7, 11) is 1.54. The lowest BCUT2D eigenvalue weighted by atomic mass is 10.1. The molecule has 196 valence electrons. The molecule has 0 saturated carbocycles. The van der Waals surface area contributed by atoms with Gasteiger partial charge < -0.3 is 19.5 Å². The highest BCUT2D eigenvalue weighted by molar-refractivity contribution is 14.1. The molecule has 0 aliphatic carbocycles. The number of esters is 1. The van der Waals surface area contributed by atoms with Crippen LogP contribution in [-0.4, -0.2) is 25.6 Å². The van der Waals surface area contributed by atoms with Gasteiger partial charge in [0.2, 0.25) is 0 Å². The monoisotopic (exact) mass is 632 g/mol. The molecule has 39 heavy (non-hydrogen) atoms. The van der Waals surface area contributed by atoms with Crippen molar-refractivity contribution in [1.82, 2.24) is 0 Å². The topological polar surface area (TPSA) is 97.7 Å². The molecule has 0 spiro atoms. The van der Waals surface area contributed by atoms with Crippen LogP contribution in [0.1, 0.15) is 28.4 Å². The molecule has 0 atom stereocenters. The van der Waals surface area contributed by atoms with Gasteiger partial charge in [-0.05, 0) is 100.0 Å². The summed E-state index contributed by atoms with van der Waals surface area (Å²) in [5.41, 5.74) is 2.36. The molecule has 4 rings (SSSR count). The van der Waals surface area contributed by atoms with E-state index in [2.05, 4.69) is 52.2 Å². The van der Waals surface area contributed by atoms with Gasteiger partial charge in [0.15, 0.2) is 11.5 Å². The van der Waals surface area contributed by atoms with Crippen LogP contribution in [0.2, 0.25) is 0 Å². The van der Waals surface area contributed by atoms with Crippen molar-refractivity contribution >= 4 is 57.0 Å². The number of hydrogen-bond acceptors (Lipinski definition) is 6. The number of anilines is 1. The Bertz CT molecular complexity index is 1590. The first-order valence-corrected chi connectivity index (χ1v) is 13.2. The zero-order chi connectivity index (χ0) is 27.8. The van der Waals surface area contributed by atoms with Crippen molar-refractivity contribution in [1.29, 1.82) is 5.26 Å². The fraction of sp³-hybridized carbons (Fsp3) is 0.129. The van der Waals surface area contributed by atoms with E-state index in [1.807, 2.05) is 30.3 Å². The van der Waals surface area contributed by atoms with E-state index in [-0.39, 0.29) is 12.2 Å². The van der Waals surface area contributed by atoms with E-state index >= 15 is 0 Å². The lowest BCUT2D eigenvalue weighted by molar-refractivity contribution is -0.112. The van der Waals surface area contributed by atoms with Gasteiger partial charge in [0.05, 0.1) is 22.9 Å². The molecule has 0 radical (unpaired) electrons. The van der Waals surface area contributed by atoms with Gasteiger partial charge in [-0.3, -0.25) is 4.79 Å². The normalized spacial score (nSPS) is 11.0. The molecular formula is C31H25IN2O5. The highest BCUT2D eigenvalue weighted by Gasteiger charge is 2.15. The molecule has 0 fully saturated rings. The second-order valence-corrected chi connectivity index (χ2v) is 9.59. The summed E-state index contributed by atoms with van der Waals surface area (Å²) < 4.78 is 17.4. The fourth-order valence-electron chi connectivity index (χ4n) is 3.87. The molecule has 0 bridgehead atoms. The second kappa shape index (κ2) is 12.9. The van der Waals surface area contributed by atoms with E-state index in [0.717, 1.165) is 19.9 Å². The predicted molar refractivity (Wildman–Crippen MR) is 159 cm³/mol. The van der Waals surface area contributed by atoms with Crippen molar-refractivity contribution in [3.8, 4) is 17.6 Å². The van der Waals surface area contributed by atoms with Crippen molar-refractivity contribution in [3.05, 3.63) is 105 Å². The number of nitrogens with one attached hydrogen (secondary N) is 1. The van der Waals surface area contributed by atoms with E-state index < -0.39 is 11.9 Å². The fourth-order valence-corrected chi connectivity index (χ4v) is 4.65. The Morgan fingerprint density at radius 3 is 2.44 bits per heavy atom. The van der Waals surface area contributed by atoms with Gasteiger partial charge in [-0.15, -0.1) is 0 Å². The number of carbonyl (C=O) groups excluding carboxylic acids is 2. The Labute approximate surface area is 240 Å². The average Bonchev–Trinajstić information content (AvgIpc) is 2.95. The molecular weight excluding hydrogens is 607 g/mol. The van der Waals surface area contributed by atoms with Crippen molar-refractivity contribution in [3.63, 3.8) is 0 Å². The number of benzene rings is 4. The molecule has 1 amide bonds. The number of rotatable bonds is 9. The number of fused-ring (bicyclic) bond motifs is 1. The summed E-state index contributed by atoms with van der Waals surface area (Å²) in [4.78, 5) is 24.6. The average molecular weight is 632 g/mol. The van der Waals surface area contributed by atoms with Crippen LogP contribution >= 0.6 is 22.6 Å².